The number of benzene rings is 4. The maximum Gasteiger partial charge on any atom is 0.490 e. The Morgan fingerprint density at radius 1 is 0.898 bits per heavy atom. The first-order valence-corrected chi connectivity index (χ1v) is 15.8. The molecule has 0 radical (unpaired) electrons. The number of hydrogen-bond acceptors (Lipinski definition) is 6. The lowest BCUT2D eigenvalue weighted by molar-refractivity contribution is -0.192. The Hall–Kier alpha value is -5.63. The van der Waals surface area contributed by atoms with Crippen molar-refractivity contribution < 1.29 is 37.5 Å². The molecule has 6 N–H and O–H groups in total. The van der Waals surface area contributed by atoms with Crippen LogP contribution in [0.1, 0.15) is 28.2 Å². The van der Waals surface area contributed by atoms with Crippen LogP contribution in [0.15, 0.2) is 114 Å². The molecule has 1 aliphatic rings. The summed E-state index contributed by atoms with van der Waals surface area (Å²) in [5, 5.41) is 20.5. The van der Waals surface area contributed by atoms with Gasteiger partial charge in [0.15, 0.2) is 0 Å². The van der Waals surface area contributed by atoms with Gasteiger partial charge < -0.3 is 26.4 Å². The van der Waals surface area contributed by atoms with Gasteiger partial charge in [-0.2, -0.15) is 13.2 Å². The number of nitrogen functional groups attached to an aromatic ring is 1. The fraction of sp³-hybridized carbons (Fsp3) is 0.171. The molecule has 0 unspecified atom stereocenters. The molecule has 3 amide bonds. The molecule has 0 saturated heterocycles. The van der Waals surface area contributed by atoms with E-state index in [-0.39, 0.29) is 36.6 Å². The molecule has 14 heteroatoms. The van der Waals surface area contributed by atoms with Gasteiger partial charge in [-0.1, -0.05) is 97.1 Å². The smallest absolute Gasteiger partial charge is 0.475 e. The van der Waals surface area contributed by atoms with Crippen molar-refractivity contribution in [1.82, 2.24) is 10.6 Å². The number of nitrogens with two attached hydrogens (primary N) is 1. The summed E-state index contributed by atoms with van der Waals surface area (Å²) in [7, 11) is 0. The second kappa shape index (κ2) is 16.5. The highest BCUT2D eigenvalue weighted by atomic mass is 32.2. The third-order valence-corrected chi connectivity index (χ3v) is 8.43. The number of rotatable bonds is 9. The maximum absolute atomic E-state index is 13.9. The molecule has 4 aromatic rings. The third-order valence-electron chi connectivity index (χ3n) is 7.27. The van der Waals surface area contributed by atoms with Crippen LogP contribution >= 0.6 is 11.8 Å². The molecular formula is C35H32F3N5O5S. The van der Waals surface area contributed by atoms with Crippen molar-refractivity contribution in [2.24, 2.45) is 5.73 Å². The van der Waals surface area contributed by atoms with Gasteiger partial charge in [0.2, 0.25) is 11.8 Å². The van der Waals surface area contributed by atoms with Crippen LogP contribution in [0.4, 0.5) is 18.9 Å². The number of hydrogen-bond donors (Lipinski definition) is 5. The van der Waals surface area contributed by atoms with Gasteiger partial charge >= 0.3 is 12.1 Å². The Labute approximate surface area is 284 Å². The molecule has 0 spiro atoms. The lowest BCUT2D eigenvalue weighted by Gasteiger charge is -2.27. The van der Waals surface area contributed by atoms with Crippen molar-refractivity contribution in [3.05, 3.63) is 131 Å². The quantitative estimate of drug-likeness (QED) is 0.126. The van der Waals surface area contributed by atoms with Crippen LogP contribution in [0, 0.1) is 5.41 Å². The molecule has 1 atom stereocenters. The minimum Gasteiger partial charge on any atom is -0.475 e. The Morgan fingerprint density at radius 3 is 1.96 bits per heavy atom. The number of carboxylic acids is 1. The van der Waals surface area contributed by atoms with E-state index < -0.39 is 24.1 Å². The molecule has 0 bridgehead atoms. The number of alkyl halides is 3. The lowest BCUT2D eigenvalue weighted by Crippen LogP contribution is -2.52. The van der Waals surface area contributed by atoms with Gasteiger partial charge in [0, 0.05) is 22.8 Å². The van der Waals surface area contributed by atoms with Crippen LogP contribution < -0.4 is 21.3 Å². The van der Waals surface area contributed by atoms with Crippen molar-refractivity contribution in [2.45, 2.75) is 29.6 Å². The van der Waals surface area contributed by atoms with Crippen molar-refractivity contribution in [3.63, 3.8) is 0 Å². The zero-order valence-corrected chi connectivity index (χ0v) is 26.6. The van der Waals surface area contributed by atoms with Crippen LogP contribution in [0.3, 0.4) is 0 Å². The molecule has 10 nitrogen and oxygen atoms in total. The van der Waals surface area contributed by atoms with Gasteiger partial charge in [-0.3, -0.25) is 19.8 Å². The molecule has 1 aliphatic heterocycles. The van der Waals surface area contributed by atoms with E-state index in [9.17, 15) is 27.6 Å². The number of carbonyl (C=O) groups is 4. The highest BCUT2D eigenvalue weighted by Crippen LogP contribution is 2.34. The Kier molecular flexibility index (Phi) is 12.2. The number of carboxylic acid groups (broad SMARTS) is 1. The molecule has 49 heavy (non-hydrogen) atoms. The largest absolute Gasteiger partial charge is 0.490 e. The van der Waals surface area contributed by atoms with E-state index in [1.165, 1.54) is 16.7 Å². The Morgan fingerprint density at radius 2 is 1.43 bits per heavy atom. The number of halogens is 3. The molecule has 0 aliphatic carbocycles. The second-order valence-electron chi connectivity index (χ2n) is 10.7. The van der Waals surface area contributed by atoms with Crippen LogP contribution in [0.25, 0.3) is 0 Å². The first-order valence-electron chi connectivity index (χ1n) is 14.8. The fourth-order valence-corrected chi connectivity index (χ4v) is 5.94. The van der Waals surface area contributed by atoms with Crippen molar-refractivity contribution in [1.29, 1.82) is 5.41 Å². The van der Waals surface area contributed by atoms with Gasteiger partial charge in [0.1, 0.15) is 18.4 Å². The van der Waals surface area contributed by atoms with E-state index in [2.05, 4.69) is 10.6 Å². The number of nitrogens with zero attached hydrogens (tertiary/aromatic N) is 1. The van der Waals surface area contributed by atoms with Gasteiger partial charge in [-0.05, 0) is 28.8 Å². The second-order valence-corrected chi connectivity index (χ2v) is 11.8. The van der Waals surface area contributed by atoms with Crippen LogP contribution in [-0.2, 0) is 25.7 Å². The summed E-state index contributed by atoms with van der Waals surface area (Å²) >= 11 is 1.47. The number of nitrogens with one attached hydrogen (secondary N) is 3. The average molecular weight is 692 g/mol. The summed E-state index contributed by atoms with van der Waals surface area (Å²) in [5.41, 5.74) is 9.24. The normalized spacial score (nSPS) is 14.1. The van der Waals surface area contributed by atoms with E-state index in [1.54, 1.807) is 24.3 Å². The number of anilines is 1. The third kappa shape index (κ3) is 9.93. The summed E-state index contributed by atoms with van der Waals surface area (Å²) < 4.78 is 31.7. The molecule has 0 aromatic heterocycles. The SMILES string of the molecule is N=C(N)c1ccc(CNC(=O)CN2C(=O)[C@H](NC(=O)C(c3ccccc3)c3ccccc3)CSc3ccccc32)cc1.O=C(O)C(F)(F)F. The Bertz CT molecular complexity index is 1750. The standard InChI is InChI=1S/C33H31N5O3S.C2HF3O2/c34-31(35)25-17-15-22(16-18-25)19-36-29(39)20-38-27-13-7-8-14-28(27)42-21-26(33(38)41)37-32(40)30(23-9-3-1-4-10-23)24-11-5-2-6-12-24;3-2(4,5)1(6)7/h1-18,26,30H,19-21H2,(H3,34,35)(H,36,39)(H,37,40);(H,6,7)/t26-;/m1./s1. The minimum absolute atomic E-state index is 0.0256. The molecule has 4 aromatic carbocycles. The number of thioether (sulfide) groups is 1. The summed E-state index contributed by atoms with van der Waals surface area (Å²) in [4.78, 5) is 52.0. The molecule has 0 saturated carbocycles. The van der Waals surface area contributed by atoms with Crippen molar-refractivity contribution in [2.75, 3.05) is 17.2 Å². The predicted octanol–water partition coefficient (Wildman–Crippen LogP) is 4.68. The van der Waals surface area contributed by atoms with Gasteiger partial charge in [-0.15, -0.1) is 11.8 Å². The van der Waals surface area contributed by atoms with E-state index >= 15 is 0 Å². The lowest BCUT2D eigenvalue weighted by atomic mass is 9.90. The molecule has 5 rings (SSSR count). The van der Waals surface area contributed by atoms with E-state index in [0.29, 0.717) is 17.0 Å². The van der Waals surface area contributed by atoms with Gasteiger partial charge in [-0.25, -0.2) is 4.79 Å². The first-order chi connectivity index (χ1) is 23.3. The monoisotopic (exact) mass is 691 g/mol. The summed E-state index contributed by atoms with van der Waals surface area (Å²) in [6.07, 6.45) is -5.08. The fourth-order valence-electron chi connectivity index (χ4n) is 4.86. The van der Waals surface area contributed by atoms with Crippen LogP contribution in [0.5, 0.6) is 0 Å². The van der Waals surface area contributed by atoms with Crippen LogP contribution in [0.2, 0.25) is 0 Å². The minimum atomic E-state index is -5.08. The number of fused-ring (bicyclic) bond motifs is 1. The van der Waals surface area contributed by atoms with E-state index in [0.717, 1.165) is 21.6 Å². The molecule has 0 fully saturated rings. The number of amides is 3. The predicted molar refractivity (Wildman–Crippen MR) is 179 cm³/mol. The highest BCUT2D eigenvalue weighted by Gasteiger charge is 2.38. The summed E-state index contributed by atoms with van der Waals surface area (Å²) in [6.45, 7) is 0.0561. The van der Waals surface area contributed by atoms with Gasteiger partial charge in [0.05, 0.1) is 11.6 Å². The van der Waals surface area contributed by atoms with Gasteiger partial charge in [0.25, 0.3) is 5.91 Å². The molecular weight excluding hydrogens is 659 g/mol. The zero-order chi connectivity index (χ0) is 35.6. The topological polar surface area (TPSA) is 166 Å². The highest BCUT2D eigenvalue weighted by molar-refractivity contribution is 7.99. The summed E-state index contributed by atoms with van der Waals surface area (Å²) in [6, 6.07) is 32.6. The van der Waals surface area contributed by atoms with E-state index in [4.69, 9.17) is 21.0 Å². The number of carbonyl (C=O) groups excluding carboxylic acids is 3. The number of aliphatic carboxylic acids is 1. The first kappa shape index (κ1) is 36.2. The van der Waals surface area contributed by atoms with Crippen molar-refractivity contribution in [3.8, 4) is 0 Å². The number of amidine groups is 1. The average Bonchev–Trinajstić information content (AvgIpc) is 3.21. The maximum atomic E-state index is 13.9. The Balaban J connectivity index is 0.000000698. The van der Waals surface area contributed by atoms with Crippen LogP contribution in [-0.4, -0.2) is 59.1 Å². The zero-order valence-electron chi connectivity index (χ0n) is 25.8. The molecule has 1 heterocycles. The summed E-state index contributed by atoms with van der Waals surface area (Å²) in [5.74, 6) is -4.01. The van der Waals surface area contributed by atoms with Crippen molar-refractivity contribution >= 4 is 47.0 Å². The number of para-hydroxylation sites is 1. The molecule has 254 valence electrons. The van der Waals surface area contributed by atoms with E-state index in [1.807, 2.05) is 84.9 Å².